The molecule has 0 unspecified atom stereocenters. The lowest BCUT2D eigenvalue weighted by Gasteiger charge is -2.04. The molecule has 0 aliphatic rings. The maximum atomic E-state index is 9.90. The van der Waals surface area contributed by atoms with Crippen molar-refractivity contribution in [3.05, 3.63) is 0 Å². The van der Waals surface area contributed by atoms with Gasteiger partial charge in [0, 0.05) is 0 Å². The molecular formula is C2H9ClNO3P. The predicted octanol–water partition coefficient (Wildman–Crippen LogP) is -0.109. The lowest BCUT2D eigenvalue weighted by molar-refractivity contribution is 0.361. The van der Waals surface area contributed by atoms with Crippen LogP contribution in [0.3, 0.4) is 0 Å². The first-order valence-electron chi connectivity index (χ1n) is 1.75. The van der Waals surface area contributed by atoms with Crippen molar-refractivity contribution in [1.82, 2.24) is 0 Å². The first-order valence-corrected chi connectivity index (χ1v) is 3.43. The number of hydrogen-bond donors (Lipinski definition) is 3. The van der Waals surface area contributed by atoms with E-state index >= 15 is 0 Å². The maximum Gasteiger partial charge on any atom is 0.341 e. The van der Waals surface area contributed by atoms with Crippen molar-refractivity contribution in [3.63, 3.8) is 0 Å². The maximum absolute atomic E-state index is 9.90. The number of rotatable bonds is 1. The van der Waals surface area contributed by atoms with Gasteiger partial charge in [0.2, 0.25) is 0 Å². The van der Waals surface area contributed by atoms with Crippen LogP contribution >= 0.6 is 20.0 Å². The lowest BCUT2D eigenvalue weighted by atomic mass is 10.8. The summed E-state index contributed by atoms with van der Waals surface area (Å²) in [5, 5.41) is 0. The molecular weight excluding hydrogens is 152 g/mol. The lowest BCUT2D eigenvalue weighted by Crippen LogP contribution is -2.14. The highest BCUT2D eigenvalue weighted by atomic mass is 35.5. The van der Waals surface area contributed by atoms with Crippen molar-refractivity contribution in [3.8, 4) is 0 Å². The summed E-state index contributed by atoms with van der Waals surface area (Å²) in [5.41, 5.74) is 4.81. The third kappa shape index (κ3) is 4.56. The van der Waals surface area contributed by atoms with Crippen molar-refractivity contribution < 1.29 is 14.4 Å². The molecule has 0 fully saturated rings. The van der Waals surface area contributed by atoms with Crippen LogP contribution in [-0.4, -0.2) is 15.6 Å². The fourth-order valence-electron chi connectivity index (χ4n) is 0. The SMILES string of the molecule is C[C@H](N)P(=O)(O)O.Cl. The van der Waals surface area contributed by atoms with Crippen molar-refractivity contribution in [2.24, 2.45) is 5.73 Å². The molecule has 4 nitrogen and oxygen atoms in total. The monoisotopic (exact) mass is 161 g/mol. The zero-order valence-electron chi connectivity index (χ0n) is 4.31. The van der Waals surface area contributed by atoms with Crippen LogP contribution in [-0.2, 0) is 4.57 Å². The first kappa shape index (κ1) is 11.2. The van der Waals surface area contributed by atoms with E-state index in [1.807, 2.05) is 0 Å². The zero-order chi connectivity index (χ0) is 6.08. The van der Waals surface area contributed by atoms with Crippen molar-refractivity contribution in [1.29, 1.82) is 0 Å². The molecule has 0 rings (SSSR count). The van der Waals surface area contributed by atoms with Gasteiger partial charge in [0.25, 0.3) is 0 Å². The highest BCUT2D eigenvalue weighted by Crippen LogP contribution is 2.37. The van der Waals surface area contributed by atoms with E-state index in [9.17, 15) is 4.57 Å². The van der Waals surface area contributed by atoms with Gasteiger partial charge in [-0.2, -0.15) is 0 Å². The smallest absolute Gasteiger partial charge is 0.323 e. The fourth-order valence-corrected chi connectivity index (χ4v) is 0. The average molecular weight is 162 g/mol. The van der Waals surface area contributed by atoms with Gasteiger partial charge in [0.05, 0.1) is 0 Å². The molecule has 52 valence electrons. The van der Waals surface area contributed by atoms with Gasteiger partial charge >= 0.3 is 7.60 Å². The van der Waals surface area contributed by atoms with Gasteiger partial charge in [-0.3, -0.25) is 4.57 Å². The number of hydrogen-bond acceptors (Lipinski definition) is 2. The van der Waals surface area contributed by atoms with Gasteiger partial charge < -0.3 is 15.5 Å². The molecule has 0 radical (unpaired) electrons. The molecule has 0 spiro atoms. The highest BCUT2D eigenvalue weighted by Gasteiger charge is 2.17. The molecule has 0 aromatic rings. The van der Waals surface area contributed by atoms with Gasteiger partial charge in [-0.05, 0) is 6.92 Å². The Balaban J connectivity index is 0. The molecule has 0 aromatic heterocycles. The fraction of sp³-hybridized carbons (Fsp3) is 1.00. The molecule has 0 aliphatic heterocycles. The second-order valence-electron chi connectivity index (χ2n) is 1.33. The van der Waals surface area contributed by atoms with Crippen LogP contribution in [0.1, 0.15) is 6.92 Å². The van der Waals surface area contributed by atoms with Crippen molar-refractivity contribution in [2.45, 2.75) is 12.7 Å². The Morgan fingerprint density at radius 3 is 1.75 bits per heavy atom. The van der Waals surface area contributed by atoms with E-state index in [1.54, 1.807) is 0 Å². The van der Waals surface area contributed by atoms with Crippen molar-refractivity contribution in [2.75, 3.05) is 0 Å². The minimum absolute atomic E-state index is 0. The Kier molecular flexibility index (Phi) is 4.82. The topological polar surface area (TPSA) is 83.6 Å². The zero-order valence-corrected chi connectivity index (χ0v) is 6.02. The minimum atomic E-state index is -3.96. The third-order valence-electron chi connectivity index (χ3n) is 0.531. The molecule has 0 aromatic carbocycles. The predicted molar refractivity (Wildman–Crippen MR) is 32.9 cm³/mol. The normalized spacial score (nSPS) is 14.5. The summed E-state index contributed by atoms with van der Waals surface area (Å²) in [4.78, 5) is 16.2. The largest absolute Gasteiger partial charge is 0.341 e. The van der Waals surface area contributed by atoms with Gasteiger partial charge in [0.15, 0.2) is 0 Å². The number of nitrogens with two attached hydrogens (primary N) is 1. The van der Waals surface area contributed by atoms with Gasteiger partial charge in [-0.1, -0.05) is 0 Å². The van der Waals surface area contributed by atoms with E-state index in [4.69, 9.17) is 15.5 Å². The standard InChI is InChI=1S/C2H8NO3P.ClH/c1-2(3)7(4,5)6;/h2H,3H2,1H3,(H2,4,5,6);1H/t2-;/m1./s1. The van der Waals surface area contributed by atoms with Crippen LogP contribution in [0.15, 0.2) is 0 Å². The Morgan fingerprint density at radius 1 is 1.62 bits per heavy atom. The Morgan fingerprint density at radius 2 is 1.75 bits per heavy atom. The molecule has 0 saturated carbocycles. The summed E-state index contributed by atoms with van der Waals surface area (Å²) in [6, 6.07) is 0. The highest BCUT2D eigenvalue weighted by molar-refractivity contribution is 7.52. The van der Waals surface area contributed by atoms with E-state index < -0.39 is 13.4 Å². The van der Waals surface area contributed by atoms with Crippen LogP contribution in [0.4, 0.5) is 0 Å². The second-order valence-corrected chi connectivity index (χ2v) is 3.32. The molecule has 4 N–H and O–H groups in total. The van der Waals surface area contributed by atoms with E-state index in [0.717, 1.165) is 0 Å². The van der Waals surface area contributed by atoms with Crippen LogP contribution in [0.5, 0.6) is 0 Å². The summed E-state index contributed by atoms with van der Waals surface area (Å²) in [6.07, 6.45) is 0. The van der Waals surface area contributed by atoms with Gasteiger partial charge in [-0.15, -0.1) is 12.4 Å². The Hall–Kier alpha value is 0.400. The summed E-state index contributed by atoms with van der Waals surface area (Å²) in [7, 11) is -3.96. The summed E-state index contributed by atoms with van der Waals surface area (Å²) >= 11 is 0. The van der Waals surface area contributed by atoms with E-state index in [2.05, 4.69) is 0 Å². The van der Waals surface area contributed by atoms with E-state index in [0.29, 0.717) is 0 Å². The molecule has 0 bridgehead atoms. The van der Waals surface area contributed by atoms with Crippen LogP contribution in [0, 0.1) is 0 Å². The average Bonchev–Trinajstić information content (AvgIpc) is 1.31. The Bertz CT molecular complexity index is 99.5. The van der Waals surface area contributed by atoms with E-state index in [-0.39, 0.29) is 12.4 Å². The first-order chi connectivity index (χ1) is 2.94. The van der Waals surface area contributed by atoms with E-state index in [1.165, 1.54) is 6.92 Å². The third-order valence-corrected chi connectivity index (χ3v) is 1.59. The van der Waals surface area contributed by atoms with Gasteiger partial charge in [-0.25, -0.2) is 0 Å². The molecule has 1 atom stereocenters. The second kappa shape index (κ2) is 3.43. The quantitative estimate of drug-likeness (QED) is 0.469. The molecule has 8 heavy (non-hydrogen) atoms. The summed E-state index contributed by atoms with van der Waals surface area (Å²) in [5.74, 6) is -1.03. The molecule has 0 heterocycles. The molecule has 0 amide bonds. The summed E-state index contributed by atoms with van der Waals surface area (Å²) in [6.45, 7) is 1.26. The van der Waals surface area contributed by atoms with Crippen LogP contribution in [0.2, 0.25) is 0 Å². The Labute approximate surface area is 53.6 Å². The van der Waals surface area contributed by atoms with Crippen LogP contribution < -0.4 is 5.73 Å². The van der Waals surface area contributed by atoms with Gasteiger partial charge in [0.1, 0.15) is 5.78 Å². The molecule has 6 heteroatoms. The van der Waals surface area contributed by atoms with Crippen molar-refractivity contribution >= 4 is 20.0 Å². The summed E-state index contributed by atoms with van der Waals surface area (Å²) < 4.78 is 9.90. The molecule has 0 aliphatic carbocycles. The van der Waals surface area contributed by atoms with Crippen LogP contribution in [0.25, 0.3) is 0 Å². The number of halogens is 1. The molecule has 0 saturated heterocycles. The minimum Gasteiger partial charge on any atom is -0.323 e.